The van der Waals surface area contributed by atoms with Crippen molar-refractivity contribution in [1.82, 2.24) is 0 Å². The number of ketones is 1. The van der Waals surface area contributed by atoms with E-state index < -0.39 is 29.7 Å². The van der Waals surface area contributed by atoms with Crippen molar-refractivity contribution in [2.75, 3.05) is 27.1 Å². The first-order valence-electron chi connectivity index (χ1n) is 8.96. The highest BCUT2D eigenvalue weighted by molar-refractivity contribution is 6.02. The van der Waals surface area contributed by atoms with Gasteiger partial charge in [-0.1, -0.05) is 6.92 Å². The van der Waals surface area contributed by atoms with E-state index in [0.717, 1.165) is 12.8 Å². The van der Waals surface area contributed by atoms with E-state index in [1.54, 1.807) is 7.11 Å². The standard InChI is InChI=1S/C18H24O7/c1-18-9(3-4-12(18)24-8-23-6-5-22-2)13-11(19)7-10(18)14-15(13)17(21)25-16(14)20/h9-10,12-15H,3-8H2,1-2H3. The fourth-order valence-corrected chi connectivity index (χ4v) is 5.94. The summed E-state index contributed by atoms with van der Waals surface area (Å²) in [4.78, 5) is 37.0. The van der Waals surface area contributed by atoms with Gasteiger partial charge in [0.1, 0.15) is 12.6 Å². The van der Waals surface area contributed by atoms with E-state index in [4.69, 9.17) is 18.9 Å². The monoisotopic (exact) mass is 352 g/mol. The van der Waals surface area contributed by atoms with E-state index >= 15 is 0 Å². The second-order valence-electron chi connectivity index (χ2n) is 7.82. The van der Waals surface area contributed by atoms with Crippen LogP contribution in [0.1, 0.15) is 26.2 Å². The molecule has 0 amide bonds. The van der Waals surface area contributed by atoms with E-state index in [2.05, 4.69) is 6.92 Å². The number of rotatable bonds is 6. The zero-order chi connectivity index (χ0) is 17.8. The predicted octanol–water partition coefficient (Wildman–Crippen LogP) is 0.943. The summed E-state index contributed by atoms with van der Waals surface area (Å²) >= 11 is 0. The van der Waals surface area contributed by atoms with Gasteiger partial charge in [-0.25, -0.2) is 0 Å². The van der Waals surface area contributed by atoms with Gasteiger partial charge in [-0.2, -0.15) is 0 Å². The van der Waals surface area contributed by atoms with E-state index in [1.807, 2.05) is 0 Å². The third kappa shape index (κ3) is 2.32. The predicted molar refractivity (Wildman–Crippen MR) is 83.1 cm³/mol. The van der Waals surface area contributed by atoms with E-state index in [-0.39, 0.29) is 35.9 Å². The Hall–Kier alpha value is -1.31. The van der Waals surface area contributed by atoms with Crippen LogP contribution in [0.3, 0.4) is 0 Å². The summed E-state index contributed by atoms with van der Waals surface area (Å²) in [7, 11) is 1.61. The zero-order valence-corrected chi connectivity index (χ0v) is 14.6. The molecule has 7 nitrogen and oxygen atoms in total. The Morgan fingerprint density at radius 3 is 2.56 bits per heavy atom. The molecule has 25 heavy (non-hydrogen) atoms. The molecule has 0 aromatic heterocycles. The molecule has 5 fully saturated rings. The minimum atomic E-state index is -0.575. The van der Waals surface area contributed by atoms with Crippen LogP contribution in [0.15, 0.2) is 0 Å². The average Bonchev–Trinajstić information content (AvgIpc) is 3.07. The number of ether oxygens (including phenoxy) is 4. The molecule has 5 aliphatic rings. The molecule has 0 spiro atoms. The summed E-state index contributed by atoms with van der Waals surface area (Å²) in [5.74, 6) is -2.44. The van der Waals surface area contributed by atoms with Crippen LogP contribution in [0.2, 0.25) is 0 Å². The number of fused-ring (bicyclic) bond motifs is 1. The van der Waals surface area contributed by atoms with Crippen molar-refractivity contribution in [3.8, 4) is 0 Å². The zero-order valence-electron chi connectivity index (χ0n) is 14.6. The molecule has 0 aromatic carbocycles. The number of esters is 2. The number of cyclic esters (lactones) is 2. The van der Waals surface area contributed by atoms with E-state index in [9.17, 15) is 14.4 Å². The Morgan fingerprint density at radius 1 is 1.04 bits per heavy atom. The molecule has 7 atom stereocenters. The average molecular weight is 352 g/mol. The Balaban J connectivity index is 1.55. The number of hydrogen-bond donors (Lipinski definition) is 0. The normalized spacial score (nSPS) is 44.8. The fraction of sp³-hybridized carbons (Fsp3) is 0.833. The largest absolute Gasteiger partial charge is 0.393 e. The number of methoxy groups -OCH3 is 1. The molecule has 1 heterocycles. The van der Waals surface area contributed by atoms with Crippen molar-refractivity contribution in [3.63, 3.8) is 0 Å². The van der Waals surface area contributed by atoms with Crippen LogP contribution in [-0.4, -0.2) is 50.9 Å². The first kappa shape index (κ1) is 17.1. The maximum atomic E-state index is 12.6. The van der Waals surface area contributed by atoms with Crippen LogP contribution in [0.5, 0.6) is 0 Å². The molecule has 1 aliphatic heterocycles. The first-order chi connectivity index (χ1) is 12.0. The molecule has 0 radical (unpaired) electrons. The van der Waals surface area contributed by atoms with Gasteiger partial charge in [0, 0.05) is 24.9 Å². The third-order valence-corrected chi connectivity index (χ3v) is 7.00. The lowest BCUT2D eigenvalue weighted by atomic mass is 9.45. The molecule has 7 heteroatoms. The smallest absolute Gasteiger partial charge is 0.318 e. The highest BCUT2D eigenvalue weighted by Gasteiger charge is 2.72. The van der Waals surface area contributed by atoms with Gasteiger partial charge in [-0.15, -0.1) is 0 Å². The number of carbonyl (C=O) groups excluding carboxylic acids is 3. The maximum absolute atomic E-state index is 12.6. The molecular formula is C18H24O7. The minimum absolute atomic E-state index is 0.0717. The molecule has 0 aromatic rings. The minimum Gasteiger partial charge on any atom is -0.393 e. The summed E-state index contributed by atoms with van der Waals surface area (Å²) in [5.41, 5.74) is -0.298. The van der Waals surface area contributed by atoms with Crippen molar-refractivity contribution in [2.24, 2.45) is 35.0 Å². The van der Waals surface area contributed by atoms with Gasteiger partial charge < -0.3 is 18.9 Å². The summed E-state index contributed by atoms with van der Waals surface area (Å²) in [6, 6.07) is 0. The molecular weight excluding hydrogens is 328 g/mol. The molecule has 4 aliphatic carbocycles. The summed E-state index contributed by atoms with van der Waals surface area (Å²) in [6.07, 6.45) is 1.91. The van der Waals surface area contributed by atoms with Gasteiger partial charge in [0.15, 0.2) is 0 Å². The van der Waals surface area contributed by atoms with Gasteiger partial charge in [0.05, 0.1) is 31.2 Å². The molecule has 0 N–H and O–H groups in total. The lowest BCUT2D eigenvalue weighted by molar-refractivity contribution is -0.191. The van der Waals surface area contributed by atoms with Gasteiger partial charge >= 0.3 is 11.9 Å². The Morgan fingerprint density at radius 2 is 1.80 bits per heavy atom. The van der Waals surface area contributed by atoms with Crippen LogP contribution in [-0.2, 0) is 33.3 Å². The fourth-order valence-electron chi connectivity index (χ4n) is 5.94. The molecule has 138 valence electrons. The molecule has 2 bridgehead atoms. The van der Waals surface area contributed by atoms with Crippen LogP contribution >= 0.6 is 0 Å². The molecule has 7 unspecified atom stereocenters. The lowest BCUT2D eigenvalue weighted by Crippen LogP contribution is -2.62. The first-order valence-corrected chi connectivity index (χ1v) is 8.96. The number of carbonyl (C=O) groups is 3. The Bertz CT molecular complexity index is 602. The highest BCUT2D eigenvalue weighted by Crippen LogP contribution is 2.67. The van der Waals surface area contributed by atoms with E-state index in [0.29, 0.717) is 19.6 Å². The third-order valence-electron chi connectivity index (χ3n) is 7.00. The van der Waals surface area contributed by atoms with Crippen LogP contribution in [0, 0.1) is 35.0 Å². The van der Waals surface area contributed by atoms with Crippen molar-refractivity contribution >= 4 is 17.7 Å². The van der Waals surface area contributed by atoms with Crippen molar-refractivity contribution in [1.29, 1.82) is 0 Å². The number of hydrogen-bond acceptors (Lipinski definition) is 7. The second-order valence-corrected chi connectivity index (χ2v) is 7.82. The quantitative estimate of drug-likeness (QED) is 0.304. The van der Waals surface area contributed by atoms with E-state index in [1.165, 1.54) is 0 Å². The van der Waals surface area contributed by atoms with Crippen molar-refractivity contribution in [2.45, 2.75) is 32.3 Å². The summed E-state index contributed by atoms with van der Waals surface area (Å²) < 4.78 is 21.3. The molecule has 1 saturated heterocycles. The van der Waals surface area contributed by atoms with Gasteiger partial charge in [0.25, 0.3) is 0 Å². The van der Waals surface area contributed by atoms with Crippen molar-refractivity contribution < 1.29 is 33.3 Å². The van der Waals surface area contributed by atoms with Gasteiger partial charge in [0.2, 0.25) is 0 Å². The SMILES string of the molecule is COCCOCOC1CCC2C3C(=O)CC(C4C(=O)OC(=O)C34)C12C. The summed E-state index contributed by atoms with van der Waals surface area (Å²) in [5, 5.41) is 0. The maximum Gasteiger partial charge on any atom is 0.318 e. The Labute approximate surface area is 146 Å². The highest BCUT2D eigenvalue weighted by atomic mass is 16.7. The van der Waals surface area contributed by atoms with Gasteiger partial charge in [-0.05, 0) is 24.7 Å². The Kier molecular flexibility index (Phi) is 4.21. The van der Waals surface area contributed by atoms with Crippen LogP contribution in [0.4, 0.5) is 0 Å². The van der Waals surface area contributed by atoms with Crippen molar-refractivity contribution in [3.05, 3.63) is 0 Å². The van der Waals surface area contributed by atoms with Crippen LogP contribution < -0.4 is 0 Å². The van der Waals surface area contributed by atoms with Crippen LogP contribution in [0.25, 0.3) is 0 Å². The summed E-state index contributed by atoms with van der Waals surface area (Å²) in [6.45, 7) is 3.24. The number of Topliss-reactive ketones (excluding diaryl/α,β-unsaturated/α-hetero) is 1. The lowest BCUT2D eigenvalue weighted by Gasteiger charge is -2.56. The molecule has 5 rings (SSSR count). The second kappa shape index (κ2) is 6.14. The topological polar surface area (TPSA) is 88.1 Å². The molecule has 4 saturated carbocycles. The van der Waals surface area contributed by atoms with Gasteiger partial charge in [-0.3, -0.25) is 14.4 Å².